The van der Waals surface area contributed by atoms with E-state index in [0.717, 1.165) is 0 Å². The summed E-state index contributed by atoms with van der Waals surface area (Å²) >= 11 is 0. The fourth-order valence-electron chi connectivity index (χ4n) is 1.77. The van der Waals surface area contributed by atoms with E-state index >= 15 is 0 Å². The largest absolute Gasteiger partial charge is 0.478 e. The Morgan fingerprint density at radius 2 is 1.36 bits per heavy atom. The summed E-state index contributed by atoms with van der Waals surface area (Å²) in [6.45, 7) is 0. The summed E-state index contributed by atoms with van der Waals surface area (Å²) in [5.74, 6) is -14.8. The molecule has 2 aromatic rings. The average Bonchev–Trinajstić information content (AvgIpc) is 2.40. The van der Waals surface area contributed by atoms with Gasteiger partial charge in [-0.3, -0.25) is 0 Å². The third-order valence-corrected chi connectivity index (χ3v) is 2.61. The number of carbonyl (C=O) groups is 1. The number of benzene rings is 1. The van der Waals surface area contributed by atoms with E-state index in [1.165, 1.54) is 0 Å². The van der Waals surface area contributed by atoms with Crippen LogP contribution in [0, 0.1) is 23.3 Å². The summed E-state index contributed by atoms with van der Waals surface area (Å²) in [6, 6.07) is 0. The van der Waals surface area contributed by atoms with Crippen LogP contribution in [0.4, 0.5) is 30.7 Å². The van der Waals surface area contributed by atoms with Gasteiger partial charge < -0.3 is 9.52 Å². The van der Waals surface area contributed by atoms with Crippen LogP contribution in [0.5, 0.6) is 0 Å². The van der Waals surface area contributed by atoms with Crippen molar-refractivity contribution >= 4 is 16.7 Å². The van der Waals surface area contributed by atoms with E-state index < -0.39 is 63.1 Å². The first-order chi connectivity index (χ1) is 9.98. The molecule has 118 valence electrons. The van der Waals surface area contributed by atoms with Gasteiger partial charge in [-0.2, -0.15) is 13.2 Å². The zero-order valence-electron chi connectivity index (χ0n) is 9.82. The smallest absolute Gasteiger partial charge is 0.450 e. The van der Waals surface area contributed by atoms with Crippen molar-refractivity contribution in [3.05, 3.63) is 45.0 Å². The first-order valence-corrected chi connectivity index (χ1v) is 5.11. The Balaban J connectivity index is 3.25. The number of hydrogen-bond donors (Lipinski definition) is 1. The second-order valence-corrected chi connectivity index (χ2v) is 3.90. The van der Waals surface area contributed by atoms with Crippen LogP contribution in [0.15, 0.2) is 9.21 Å². The number of aromatic carboxylic acids is 1. The summed E-state index contributed by atoms with van der Waals surface area (Å²) < 4.78 is 94.8. The summed E-state index contributed by atoms with van der Waals surface area (Å²) in [5, 5.41) is 5.08. The van der Waals surface area contributed by atoms with Gasteiger partial charge in [0.15, 0.2) is 23.3 Å². The highest BCUT2D eigenvalue weighted by Crippen LogP contribution is 2.36. The number of carboxylic acids is 1. The monoisotopic (exact) mass is 330 g/mol. The molecule has 11 heteroatoms. The molecule has 0 bridgehead atoms. The molecule has 4 nitrogen and oxygen atoms in total. The van der Waals surface area contributed by atoms with Crippen LogP contribution in [0.2, 0.25) is 0 Å². The molecule has 0 fully saturated rings. The molecule has 1 aromatic heterocycles. The third-order valence-electron chi connectivity index (χ3n) is 2.61. The Kier molecular flexibility index (Phi) is 3.38. The van der Waals surface area contributed by atoms with Gasteiger partial charge in [-0.05, 0) is 0 Å². The van der Waals surface area contributed by atoms with Gasteiger partial charge in [-0.25, -0.2) is 27.2 Å². The van der Waals surface area contributed by atoms with E-state index in [1.54, 1.807) is 0 Å². The average molecular weight is 330 g/mol. The lowest BCUT2D eigenvalue weighted by atomic mass is 10.0. The molecule has 0 aliphatic carbocycles. The van der Waals surface area contributed by atoms with Gasteiger partial charge in [-0.15, -0.1) is 0 Å². The minimum absolute atomic E-state index is 1.78. The van der Waals surface area contributed by atoms with Crippen molar-refractivity contribution in [3.63, 3.8) is 0 Å². The molecule has 1 aromatic carbocycles. The summed E-state index contributed by atoms with van der Waals surface area (Å²) in [4.78, 5) is 22.2. The minimum atomic E-state index is -5.57. The lowest BCUT2D eigenvalue weighted by Gasteiger charge is -2.12. The fourth-order valence-corrected chi connectivity index (χ4v) is 1.77. The lowest BCUT2D eigenvalue weighted by Crippen LogP contribution is -2.20. The van der Waals surface area contributed by atoms with Crippen LogP contribution in [0.3, 0.4) is 0 Å². The molecule has 0 radical (unpaired) electrons. The Bertz CT molecular complexity index is 866. The summed E-state index contributed by atoms with van der Waals surface area (Å²) in [7, 11) is 0. The predicted octanol–water partition coefficient (Wildman–Crippen LogP) is 3.07. The van der Waals surface area contributed by atoms with Gasteiger partial charge in [0.2, 0.25) is 5.76 Å². The fraction of sp³-hybridized carbons (Fsp3) is 0.0909. The number of carboxylic acid groups (broad SMARTS) is 1. The standard InChI is InChI=1S/C11HF7O4/c12-4-1-2(5(13)7(15)6(4)14)10(21)22-8(11(16,17)18)3(1)9(19)20/h(H,19,20). The number of fused-ring (bicyclic) bond motifs is 1. The SMILES string of the molecule is O=C(O)c1c(C(F)(F)F)oc(=O)c2c(F)c(F)c(F)c(F)c12. The molecule has 0 saturated carbocycles. The van der Waals surface area contributed by atoms with E-state index in [0.29, 0.717) is 0 Å². The maximum atomic E-state index is 13.6. The molecule has 0 amide bonds. The van der Waals surface area contributed by atoms with E-state index in [2.05, 4.69) is 4.42 Å². The van der Waals surface area contributed by atoms with Gasteiger partial charge in [0.25, 0.3) is 0 Å². The van der Waals surface area contributed by atoms with Crippen molar-refractivity contribution < 1.29 is 45.1 Å². The molecular weight excluding hydrogens is 329 g/mol. The molecule has 0 unspecified atom stereocenters. The predicted molar refractivity (Wildman–Crippen MR) is 54.3 cm³/mol. The Hall–Kier alpha value is -2.59. The van der Waals surface area contributed by atoms with Crippen LogP contribution in [-0.2, 0) is 6.18 Å². The molecule has 0 atom stereocenters. The summed E-state index contributed by atoms with van der Waals surface area (Å²) in [6.07, 6.45) is -5.57. The van der Waals surface area contributed by atoms with Gasteiger partial charge in [0.05, 0.1) is 0 Å². The molecule has 0 aliphatic rings. The van der Waals surface area contributed by atoms with Crippen LogP contribution >= 0.6 is 0 Å². The maximum absolute atomic E-state index is 13.6. The van der Waals surface area contributed by atoms with Gasteiger partial charge in [0.1, 0.15) is 10.9 Å². The van der Waals surface area contributed by atoms with E-state index in [9.17, 15) is 40.3 Å². The second kappa shape index (κ2) is 4.71. The Morgan fingerprint density at radius 1 is 0.909 bits per heavy atom. The third kappa shape index (κ3) is 2.09. The zero-order chi connectivity index (χ0) is 17.0. The maximum Gasteiger partial charge on any atom is 0.450 e. The van der Waals surface area contributed by atoms with Crippen molar-refractivity contribution in [2.75, 3.05) is 0 Å². The van der Waals surface area contributed by atoms with Gasteiger partial charge in [0, 0.05) is 5.39 Å². The number of rotatable bonds is 1. The lowest BCUT2D eigenvalue weighted by molar-refractivity contribution is -0.154. The molecule has 0 spiro atoms. The van der Waals surface area contributed by atoms with Crippen molar-refractivity contribution in [1.29, 1.82) is 0 Å². The highest BCUT2D eigenvalue weighted by molar-refractivity contribution is 6.04. The van der Waals surface area contributed by atoms with Gasteiger partial charge in [-0.1, -0.05) is 0 Å². The van der Waals surface area contributed by atoms with Crippen molar-refractivity contribution in [1.82, 2.24) is 0 Å². The first kappa shape index (κ1) is 15.8. The molecular formula is C11HF7O4. The number of alkyl halides is 3. The quantitative estimate of drug-likeness (QED) is 0.496. The minimum Gasteiger partial charge on any atom is -0.478 e. The number of halogens is 7. The Labute approximate surface area is 114 Å². The van der Waals surface area contributed by atoms with E-state index in [1.807, 2.05) is 0 Å². The molecule has 0 saturated heterocycles. The number of hydrogen-bond acceptors (Lipinski definition) is 3. The highest BCUT2D eigenvalue weighted by Gasteiger charge is 2.42. The van der Waals surface area contributed by atoms with Crippen molar-refractivity contribution in [3.8, 4) is 0 Å². The second-order valence-electron chi connectivity index (χ2n) is 3.90. The van der Waals surface area contributed by atoms with E-state index in [4.69, 9.17) is 5.11 Å². The van der Waals surface area contributed by atoms with Gasteiger partial charge >= 0.3 is 17.8 Å². The Morgan fingerprint density at radius 3 is 1.77 bits per heavy atom. The first-order valence-electron chi connectivity index (χ1n) is 5.11. The van der Waals surface area contributed by atoms with E-state index in [-0.39, 0.29) is 0 Å². The zero-order valence-corrected chi connectivity index (χ0v) is 9.82. The molecule has 1 heterocycles. The van der Waals surface area contributed by atoms with Crippen LogP contribution in [0.25, 0.3) is 10.8 Å². The van der Waals surface area contributed by atoms with Crippen molar-refractivity contribution in [2.24, 2.45) is 0 Å². The van der Waals surface area contributed by atoms with Crippen LogP contribution in [-0.4, -0.2) is 11.1 Å². The van der Waals surface area contributed by atoms with Crippen LogP contribution in [0.1, 0.15) is 16.1 Å². The summed E-state index contributed by atoms with van der Waals surface area (Å²) in [5.41, 5.74) is -4.25. The van der Waals surface area contributed by atoms with Crippen molar-refractivity contribution in [2.45, 2.75) is 6.18 Å². The van der Waals surface area contributed by atoms with Crippen LogP contribution < -0.4 is 5.63 Å². The molecule has 0 aliphatic heterocycles. The molecule has 2 rings (SSSR count). The molecule has 1 N–H and O–H groups in total. The topological polar surface area (TPSA) is 67.5 Å². The highest BCUT2D eigenvalue weighted by atomic mass is 19.4. The molecule has 22 heavy (non-hydrogen) atoms. The normalized spacial score (nSPS) is 12.0.